The van der Waals surface area contributed by atoms with Gasteiger partial charge in [-0.05, 0) is 12.1 Å². The zero-order chi connectivity index (χ0) is 9.97. The third-order valence-electron chi connectivity index (χ3n) is 1.96. The smallest absolute Gasteiger partial charge is 0.133 e. The van der Waals surface area contributed by atoms with E-state index in [-0.39, 0.29) is 0 Å². The van der Waals surface area contributed by atoms with E-state index in [1.165, 1.54) is 0 Å². The minimum Gasteiger partial charge on any atom is -0.398 e. The molecule has 0 unspecified atom stereocenters. The van der Waals surface area contributed by atoms with Crippen molar-refractivity contribution < 1.29 is 0 Å². The number of nitrogen functional groups attached to an aromatic ring is 2. The maximum absolute atomic E-state index is 5.81. The number of hydrogen-bond donors (Lipinski definition) is 2. The van der Waals surface area contributed by atoms with Crippen LogP contribution in [0.15, 0.2) is 36.8 Å². The Hall–Kier alpha value is -2.10. The van der Waals surface area contributed by atoms with Crippen LogP contribution in [0.4, 0.5) is 11.5 Å². The summed E-state index contributed by atoms with van der Waals surface area (Å²) in [7, 11) is 0. The number of hydrogen-bond acceptors (Lipinski definition) is 4. The standard InChI is InChI=1S/C10H10N4/c11-8-3-5-14-10(12)9(8)7-2-1-4-13-6-7/h1-6H,(H4,11,12,14). The first-order valence-corrected chi connectivity index (χ1v) is 4.19. The van der Waals surface area contributed by atoms with Crippen LogP contribution in [0, 0.1) is 0 Å². The fourth-order valence-corrected chi connectivity index (χ4v) is 1.32. The molecular formula is C10H10N4. The third kappa shape index (κ3) is 1.37. The van der Waals surface area contributed by atoms with Crippen molar-refractivity contribution >= 4 is 11.5 Å². The van der Waals surface area contributed by atoms with Crippen molar-refractivity contribution in [2.75, 3.05) is 11.5 Å². The van der Waals surface area contributed by atoms with Gasteiger partial charge in [0.2, 0.25) is 0 Å². The molecule has 0 spiro atoms. The first kappa shape index (κ1) is 8.50. The van der Waals surface area contributed by atoms with Crippen LogP contribution in [0.5, 0.6) is 0 Å². The summed E-state index contributed by atoms with van der Waals surface area (Å²) in [5.41, 5.74) is 13.8. The highest BCUT2D eigenvalue weighted by Crippen LogP contribution is 2.28. The molecule has 2 heterocycles. The van der Waals surface area contributed by atoms with Crippen LogP contribution in [-0.2, 0) is 0 Å². The Morgan fingerprint density at radius 3 is 2.57 bits per heavy atom. The molecule has 0 aromatic carbocycles. The number of rotatable bonds is 1. The molecule has 0 aliphatic heterocycles. The van der Waals surface area contributed by atoms with Crippen molar-refractivity contribution in [3.05, 3.63) is 36.8 Å². The maximum atomic E-state index is 5.81. The highest BCUT2D eigenvalue weighted by molar-refractivity contribution is 5.83. The van der Waals surface area contributed by atoms with Gasteiger partial charge in [-0.2, -0.15) is 0 Å². The molecule has 4 N–H and O–H groups in total. The van der Waals surface area contributed by atoms with E-state index in [2.05, 4.69) is 9.97 Å². The van der Waals surface area contributed by atoms with Crippen molar-refractivity contribution in [2.24, 2.45) is 0 Å². The molecule has 14 heavy (non-hydrogen) atoms. The molecule has 0 radical (unpaired) electrons. The number of aromatic nitrogens is 2. The van der Waals surface area contributed by atoms with Crippen molar-refractivity contribution in [1.82, 2.24) is 9.97 Å². The molecule has 0 bridgehead atoms. The van der Waals surface area contributed by atoms with E-state index in [1.807, 2.05) is 12.1 Å². The normalized spacial score (nSPS) is 10.0. The van der Waals surface area contributed by atoms with Crippen LogP contribution in [0.1, 0.15) is 0 Å². The van der Waals surface area contributed by atoms with Crippen LogP contribution in [0.3, 0.4) is 0 Å². The van der Waals surface area contributed by atoms with Gasteiger partial charge in [-0.15, -0.1) is 0 Å². The molecule has 2 aromatic rings. The lowest BCUT2D eigenvalue weighted by atomic mass is 10.1. The summed E-state index contributed by atoms with van der Waals surface area (Å²) in [5.74, 6) is 0.429. The van der Waals surface area contributed by atoms with Crippen molar-refractivity contribution in [2.45, 2.75) is 0 Å². The van der Waals surface area contributed by atoms with Gasteiger partial charge in [0.1, 0.15) is 5.82 Å². The second-order valence-electron chi connectivity index (χ2n) is 2.90. The minimum absolute atomic E-state index is 0.429. The van der Waals surface area contributed by atoms with Gasteiger partial charge < -0.3 is 11.5 Å². The summed E-state index contributed by atoms with van der Waals surface area (Å²) in [6.45, 7) is 0. The van der Waals surface area contributed by atoms with E-state index < -0.39 is 0 Å². The second kappa shape index (κ2) is 3.33. The molecule has 0 aliphatic carbocycles. The zero-order valence-corrected chi connectivity index (χ0v) is 7.51. The molecule has 0 atom stereocenters. The molecule has 2 rings (SSSR count). The van der Waals surface area contributed by atoms with Crippen LogP contribution >= 0.6 is 0 Å². The highest BCUT2D eigenvalue weighted by atomic mass is 14.8. The predicted octanol–water partition coefficient (Wildman–Crippen LogP) is 1.31. The Morgan fingerprint density at radius 1 is 1.07 bits per heavy atom. The Kier molecular flexibility index (Phi) is 2.02. The van der Waals surface area contributed by atoms with E-state index in [4.69, 9.17) is 11.5 Å². The Bertz CT molecular complexity index is 419. The maximum Gasteiger partial charge on any atom is 0.133 e. The number of anilines is 2. The molecule has 0 amide bonds. The highest BCUT2D eigenvalue weighted by Gasteiger charge is 2.06. The van der Waals surface area contributed by atoms with Crippen LogP contribution in [-0.4, -0.2) is 9.97 Å². The lowest BCUT2D eigenvalue weighted by Gasteiger charge is -2.06. The Morgan fingerprint density at radius 2 is 1.93 bits per heavy atom. The lowest BCUT2D eigenvalue weighted by molar-refractivity contribution is 1.30. The van der Waals surface area contributed by atoms with Gasteiger partial charge in [0.15, 0.2) is 0 Å². The quantitative estimate of drug-likeness (QED) is 0.703. The van der Waals surface area contributed by atoms with Gasteiger partial charge in [0.25, 0.3) is 0 Å². The SMILES string of the molecule is Nc1ccnc(N)c1-c1cccnc1. The van der Waals surface area contributed by atoms with Gasteiger partial charge in [-0.3, -0.25) is 4.98 Å². The monoisotopic (exact) mass is 186 g/mol. The van der Waals surface area contributed by atoms with Crippen LogP contribution in [0.25, 0.3) is 11.1 Å². The molecular weight excluding hydrogens is 176 g/mol. The van der Waals surface area contributed by atoms with Gasteiger partial charge in [-0.25, -0.2) is 4.98 Å². The van der Waals surface area contributed by atoms with Crippen LogP contribution < -0.4 is 11.5 Å². The van der Waals surface area contributed by atoms with E-state index in [0.717, 1.165) is 11.1 Å². The van der Waals surface area contributed by atoms with Crippen molar-refractivity contribution in [3.8, 4) is 11.1 Å². The molecule has 0 saturated heterocycles. The summed E-state index contributed by atoms with van der Waals surface area (Å²) >= 11 is 0. The fourth-order valence-electron chi connectivity index (χ4n) is 1.32. The topological polar surface area (TPSA) is 77.8 Å². The largest absolute Gasteiger partial charge is 0.398 e. The number of nitrogens with zero attached hydrogens (tertiary/aromatic N) is 2. The van der Waals surface area contributed by atoms with Gasteiger partial charge in [-0.1, -0.05) is 6.07 Å². The molecule has 4 heteroatoms. The predicted molar refractivity (Wildman–Crippen MR) is 56.3 cm³/mol. The summed E-state index contributed by atoms with van der Waals surface area (Å²) in [4.78, 5) is 7.99. The third-order valence-corrected chi connectivity index (χ3v) is 1.96. The van der Waals surface area contributed by atoms with E-state index in [1.54, 1.807) is 24.7 Å². The molecule has 0 fully saturated rings. The Balaban J connectivity index is 2.63. The van der Waals surface area contributed by atoms with Gasteiger partial charge >= 0.3 is 0 Å². The molecule has 4 nitrogen and oxygen atoms in total. The summed E-state index contributed by atoms with van der Waals surface area (Å²) < 4.78 is 0. The van der Waals surface area contributed by atoms with E-state index in [0.29, 0.717) is 11.5 Å². The fraction of sp³-hybridized carbons (Fsp3) is 0. The molecule has 0 saturated carbocycles. The molecule has 2 aromatic heterocycles. The molecule has 70 valence electrons. The zero-order valence-electron chi connectivity index (χ0n) is 7.51. The van der Waals surface area contributed by atoms with E-state index in [9.17, 15) is 0 Å². The number of nitrogens with two attached hydrogens (primary N) is 2. The first-order chi connectivity index (χ1) is 6.79. The summed E-state index contributed by atoms with van der Waals surface area (Å²) in [5, 5.41) is 0. The summed E-state index contributed by atoms with van der Waals surface area (Å²) in [6.07, 6.45) is 5.00. The van der Waals surface area contributed by atoms with Crippen molar-refractivity contribution in [3.63, 3.8) is 0 Å². The number of pyridine rings is 2. The van der Waals surface area contributed by atoms with Gasteiger partial charge in [0, 0.05) is 35.4 Å². The van der Waals surface area contributed by atoms with E-state index >= 15 is 0 Å². The summed E-state index contributed by atoms with van der Waals surface area (Å²) in [6, 6.07) is 5.46. The average molecular weight is 186 g/mol. The Labute approximate surface area is 81.6 Å². The van der Waals surface area contributed by atoms with Crippen molar-refractivity contribution in [1.29, 1.82) is 0 Å². The average Bonchev–Trinajstić information content (AvgIpc) is 2.19. The molecule has 0 aliphatic rings. The van der Waals surface area contributed by atoms with Gasteiger partial charge in [0.05, 0.1) is 0 Å². The first-order valence-electron chi connectivity index (χ1n) is 4.19. The lowest BCUT2D eigenvalue weighted by Crippen LogP contribution is -1.98. The van der Waals surface area contributed by atoms with Crippen LogP contribution in [0.2, 0.25) is 0 Å². The second-order valence-corrected chi connectivity index (χ2v) is 2.90. The minimum atomic E-state index is 0.429.